The summed E-state index contributed by atoms with van der Waals surface area (Å²) in [5.41, 5.74) is 0. The van der Waals surface area contributed by atoms with E-state index in [2.05, 4.69) is 32.6 Å². The van der Waals surface area contributed by atoms with E-state index < -0.39 is 0 Å². The lowest BCUT2D eigenvalue weighted by Gasteiger charge is -2.31. The zero-order chi connectivity index (χ0) is 16.8. The summed E-state index contributed by atoms with van der Waals surface area (Å²) in [6.45, 7) is 12.5. The molecule has 0 unspecified atom stereocenters. The third-order valence-corrected chi connectivity index (χ3v) is 3.57. The Labute approximate surface area is 137 Å². The maximum atomic E-state index is 12.0. The number of hydrogen-bond acceptors (Lipinski definition) is 2. The molecule has 1 aliphatic rings. The van der Waals surface area contributed by atoms with Crippen LogP contribution in [-0.2, 0) is 9.53 Å². The van der Waals surface area contributed by atoms with Crippen molar-refractivity contribution in [2.45, 2.75) is 79.2 Å². The average molecular weight is 309 g/mol. The van der Waals surface area contributed by atoms with Gasteiger partial charge in [0.05, 0.1) is 6.10 Å². The van der Waals surface area contributed by atoms with Gasteiger partial charge in [0.2, 0.25) is 5.91 Å². The van der Waals surface area contributed by atoms with Crippen LogP contribution in [0.1, 0.15) is 73.1 Å². The third kappa shape index (κ3) is 9.84. The number of hydrogen-bond donors (Lipinski definition) is 0. The molecule has 0 atom stereocenters. The highest BCUT2D eigenvalue weighted by atomic mass is 16.5. The van der Waals surface area contributed by atoms with E-state index in [4.69, 9.17) is 4.74 Å². The topological polar surface area (TPSA) is 29.5 Å². The molecule has 1 aliphatic heterocycles. The fourth-order valence-corrected chi connectivity index (χ4v) is 2.36. The standard InChI is InChI=1S/C17H29NO2.C2H6/c1-4-5-6-9-17(19)18-12-10-16(11-13-18)20-14-7-8-15(2)3;1-2/h15-16H,4-6,9-14H2,1-3H3;1-2H3. The van der Waals surface area contributed by atoms with E-state index in [9.17, 15) is 4.79 Å². The van der Waals surface area contributed by atoms with Crippen LogP contribution in [-0.4, -0.2) is 36.6 Å². The number of nitrogens with zero attached hydrogens (tertiary/aromatic N) is 1. The largest absolute Gasteiger partial charge is 0.365 e. The van der Waals surface area contributed by atoms with E-state index in [1.165, 1.54) is 6.42 Å². The Morgan fingerprint density at radius 1 is 1.23 bits per heavy atom. The predicted molar refractivity (Wildman–Crippen MR) is 93.7 cm³/mol. The van der Waals surface area contributed by atoms with Crippen molar-refractivity contribution in [1.82, 2.24) is 4.90 Å². The summed E-state index contributed by atoms with van der Waals surface area (Å²) in [6, 6.07) is 0. The molecule has 0 saturated carbocycles. The average Bonchev–Trinajstić information content (AvgIpc) is 2.54. The van der Waals surface area contributed by atoms with E-state index in [1.54, 1.807) is 0 Å². The van der Waals surface area contributed by atoms with Gasteiger partial charge >= 0.3 is 0 Å². The number of piperidine rings is 1. The first-order valence-electron chi connectivity index (χ1n) is 9.01. The fourth-order valence-electron chi connectivity index (χ4n) is 2.36. The van der Waals surface area contributed by atoms with Gasteiger partial charge in [0.15, 0.2) is 0 Å². The van der Waals surface area contributed by atoms with E-state index in [0.717, 1.165) is 38.8 Å². The Balaban J connectivity index is 0.00000211. The minimum absolute atomic E-state index is 0.274. The molecule has 1 fully saturated rings. The second-order valence-electron chi connectivity index (χ2n) is 5.82. The lowest BCUT2D eigenvalue weighted by atomic mass is 10.1. The summed E-state index contributed by atoms with van der Waals surface area (Å²) in [7, 11) is 0. The first-order valence-corrected chi connectivity index (χ1v) is 9.01. The highest BCUT2D eigenvalue weighted by molar-refractivity contribution is 5.76. The Bertz CT molecular complexity index is 333. The maximum Gasteiger partial charge on any atom is 0.222 e. The van der Waals surface area contributed by atoms with Crippen LogP contribution in [0.5, 0.6) is 0 Å². The molecule has 3 heteroatoms. The monoisotopic (exact) mass is 309 g/mol. The summed E-state index contributed by atoms with van der Waals surface area (Å²) in [5.74, 6) is 6.87. The number of carbonyl (C=O) groups is 1. The number of rotatable bonds is 6. The predicted octanol–water partition coefficient (Wildman–Crippen LogP) is 4.26. The number of amides is 1. The van der Waals surface area contributed by atoms with Crippen LogP contribution < -0.4 is 0 Å². The van der Waals surface area contributed by atoms with Crippen LogP contribution in [0, 0.1) is 17.8 Å². The molecule has 22 heavy (non-hydrogen) atoms. The molecule has 1 heterocycles. The van der Waals surface area contributed by atoms with Crippen molar-refractivity contribution in [3.8, 4) is 11.8 Å². The van der Waals surface area contributed by atoms with Crippen molar-refractivity contribution in [1.29, 1.82) is 0 Å². The van der Waals surface area contributed by atoms with Gasteiger partial charge < -0.3 is 9.64 Å². The minimum Gasteiger partial charge on any atom is -0.365 e. The van der Waals surface area contributed by atoms with Gasteiger partial charge in [-0.05, 0) is 19.3 Å². The molecule has 0 aromatic carbocycles. The normalized spacial score (nSPS) is 14.9. The van der Waals surface area contributed by atoms with Gasteiger partial charge in [-0.2, -0.15) is 0 Å². The molecule has 128 valence electrons. The highest BCUT2D eigenvalue weighted by Crippen LogP contribution is 2.15. The smallest absolute Gasteiger partial charge is 0.222 e. The Hall–Kier alpha value is -1.01. The second-order valence-corrected chi connectivity index (χ2v) is 5.82. The molecule has 0 aromatic heterocycles. The van der Waals surface area contributed by atoms with Crippen LogP contribution in [0.4, 0.5) is 0 Å². The van der Waals surface area contributed by atoms with Crippen LogP contribution in [0.15, 0.2) is 0 Å². The summed E-state index contributed by atoms with van der Waals surface area (Å²) in [5, 5.41) is 0. The first kappa shape index (κ1) is 21.0. The second kappa shape index (κ2) is 13.6. The molecule has 1 amide bonds. The summed E-state index contributed by atoms with van der Waals surface area (Å²) < 4.78 is 5.75. The lowest BCUT2D eigenvalue weighted by molar-refractivity contribution is -0.133. The fraction of sp³-hybridized carbons (Fsp3) is 0.842. The Morgan fingerprint density at radius 3 is 2.41 bits per heavy atom. The van der Waals surface area contributed by atoms with Gasteiger partial charge in [-0.25, -0.2) is 0 Å². The van der Waals surface area contributed by atoms with E-state index in [0.29, 0.717) is 24.9 Å². The van der Waals surface area contributed by atoms with E-state index in [-0.39, 0.29) is 6.10 Å². The van der Waals surface area contributed by atoms with Gasteiger partial charge in [0.1, 0.15) is 6.61 Å². The minimum atomic E-state index is 0.274. The van der Waals surface area contributed by atoms with Crippen molar-refractivity contribution in [2.24, 2.45) is 5.92 Å². The summed E-state index contributed by atoms with van der Waals surface area (Å²) >= 11 is 0. The number of carbonyl (C=O) groups excluding carboxylic acids is 1. The van der Waals surface area contributed by atoms with Gasteiger partial charge in [-0.1, -0.05) is 59.3 Å². The SMILES string of the molecule is CC.CCCCCC(=O)N1CCC(OCC#CC(C)C)CC1. The van der Waals surface area contributed by atoms with Crippen LogP contribution in [0.2, 0.25) is 0 Å². The molecule has 0 bridgehead atoms. The van der Waals surface area contributed by atoms with Gasteiger partial charge in [0.25, 0.3) is 0 Å². The van der Waals surface area contributed by atoms with Crippen LogP contribution >= 0.6 is 0 Å². The maximum absolute atomic E-state index is 12.0. The molecule has 0 N–H and O–H groups in total. The van der Waals surface area contributed by atoms with Crippen LogP contribution in [0.25, 0.3) is 0 Å². The molecular weight excluding hydrogens is 274 g/mol. The Kier molecular flexibility index (Phi) is 13.0. The Morgan fingerprint density at radius 2 is 1.86 bits per heavy atom. The molecule has 0 aliphatic carbocycles. The number of unbranched alkanes of at least 4 members (excludes halogenated alkanes) is 2. The summed E-state index contributed by atoms with van der Waals surface area (Å²) in [4.78, 5) is 14.0. The van der Waals surface area contributed by atoms with Crippen molar-refractivity contribution < 1.29 is 9.53 Å². The van der Waals surface area contributed by atoms with Crippen molar-refractivity contribution in [3.05, 3.63) is 0 Å². The lowest BCUT2D eigenvalue weighted by Crippen LogP contribution is -2.40. The zero-order valence-electron chi connectivity index (χ0n) is 15.3. The first-order chi connectivity index (χ1) is 10.6. The van der Waals surface area contributed by atoms with Crippen LogP contribution in [0.3, 0.4) is 0 Å². The number of ether oxygens (including phenoxy) is 1. The van der Waals surface area contributed by atoms with E-state index >= 15 is 0 Å². The summed E-state index contributed by atoms with van der Waals surface area (Å²) in [6.07, 6.45) is 6.22. The number of likely N-dealkylation sites (tertiary alicyclic amines) is 1. The van der Waals surface area contributed by atoms with Crippen molar-refractivity contribution in [3.63, 3.8) is 0 Å². The quantitative estimate of drug-likeness (QED) is 0.542. The van der Waals surface area contributed by atoms with Gasteiger partial charge in [-0.15, -0.1) is 0 Å². The third-order valence-electron chi connectivity index (χ3n) is 3.57. The molecule has 3 nitrogen and oxygen atoms in total. The molecule has 0 radical (unpaired) electrons. The molecule has 1 saturated heterocycles. The molecule has 1 rings (SSSR count). The van der Waals surface area contributed by atoms with Crippen molar-refractivity contribution in [2.75, 3.05) is 19.7 Å². The van der Waals surface area contributed by atoms with E-state index in [1.807, 2.05) is 18.7 Å². The molecule has 0 spiro atoms. The van der Waals surface area contributed by atoms with Gasteiger partial charge in [-0.3, -0.25) is 4.79 Å². The highest BCUT2D eigenvalue weighted by Gasteiger charge is 2.22. The molecule has 0 aromatic rings. The van der Waals surface area contributed by atoms with Gasteiger partial charge in [0, 0.05) is 25.4 Å². The van der Waals surface area contributed by atoms with Crippen molar-refractivity contribution >= 4 is 5.91 Å². The molecular formula is C19H35NO2. The zero-order valence-corrected chi connectivity index (χ0v) is 15.3.